The second kappa shape index (κ2) is 6.15. The van der Waals surface area contributed by atoms with Gasteiger partial charge in [0, 0.05) is 6.54 Å². The molecule has 0 aliphatic heterocycles. The zero-order valence-corrected chi connectivity index (χ0v) is 13.4. The first-order chi connectivity index (χ1) is 10.2. The maximum absolute atomic E-state index is 12.2. The fraction of sp³-hybridized carbons (Fsp3) is 0.143. The van der Waals surface area contributed by atoms with Crippen molar-refractivity contribution in [3.8, 4) is 0 Å². The fourth-order valence-corrected chi connectivity index (χ4v) is 4.82. The van der Waals surface area contributed by atoms with Gasteiger partial charge in [-0.2, -0.15) is 11.3 Å². The molecular weight excluding hydrogens is 326 g/mol. The summed E-state index contributed by atoms with van der Waals surface area (Å²) < 4.78 is 32.9. The Morgan fingerprint density at radius 2 is 2.10 bits per heavy atom. The van der Waals surface area contributed by atoms with Crippen LogP contribution in [0.3, 0.4) is 0 Å². The molecule has 0 fully saturated rings. The molecule has 7 heteroatoms. The van der Waals surface area contributed by atoms with Crippen LogP contribution in [0.15, 0.2) is 61.4 Å². The molecule has 4 nitrogen and oxygen atoms in total. The Hall–Kier alpha value is -1.41. The Bertz CT molecular complexity index is 725. The molecule has 0 bridgehead atoms. The number of rotatable bonds is 6. The highest BCUT2D eigenvalue weighted by Gasteiger charge is 2.22. The highest BCUT2D eigenvalue weighted by atomic mass is 32.2. The summed E-state index contributed by atoms with van der Waals surface area (Å²) in [4.78, 5) is 0. The average molecular weight is 339 g/mol. The standard InChI is InChI=1S/C14H13NO3S3/c16-21(17,14-4-2-7-20-14)15-9-12(11-5-8-19-10-11)13-3-1-6-18-13/h1-8,10,12,15H,9H2. The molecule has 110 valence electrons. The Morgan fingerprint density at radius 3 is 2.71 bits per heavy atom. The zero-order chi connectivity index (χ0) is 14.7. The molecule has 0 amide bonds. The van der Waals surface area contributed by atoms with E-state index in [1.807, 2.05) is 29.0 Å². The van der Waals surface area contributed by atoms with Gasteiger partial charge in [-0.25, -0.2) is 13.1 Å². The molecule has 3 aromatic heterocycles. The maximum Gasteiger partial charge on any atom is 0.250 e. The van der Waals surface area contributed by atoms with Crippen molar-refractivity contribution >= 4 is 32.7 Å². The molecule has 3 heterocycles. The van der Waals surface area contributed by atoms with E-state index in [-0.39, 0.29) is 12.5 Å². The van der Waals surface area contributed by atoms with Crippen LogP contribution in [-0.4, -0.2) is 15.0 Å². The summed E-state index contributed by atoms with van der Waals surface area (Å²) in [6.45, 7) is 0.268. The second-order valence-corrected chi connectivity index (χ2v) is 8.13. The van der Waals surface area contributed by atoms with Crippen LogP contribution in [0.2, 0.25) is 0 Å². The fourth-order valence-electron chi connectivity index (χ4n) is 2.03. The van der Waals surface area contributed by atoms with Crippen molar-refractivity contribution in [3.05, 3.63) is 64.1 Å². The maximum atomic E-state index is 12.2. The highest BCUT2D eigenvalue weighted by Crippen LogP contribution is 2.27. The van der Waals surface area contributed by atoms with E-state index >= 15 is 0 Å². The summed E-state index contributed by atoms with van der Waals surface area (Å²) in [7, 11) is -3.46. The molecule has 21 heavy (non-hydrogen) atoms. The van der Waals surface area contributed by atoms with Gasteiger partial charge in [0.1, 0.15) is 9.97 Å². The van der Waals surface area contributed by atoms with Crippen molar-refractivity contribution in [2.45, 2.75) is 10.1 Å². The van der Waals surface area contributed by atoms with Crippen LogP contribution in [0.25, 0.3) is 0 Å². The third kappa shape index (κ3) is 3.26. The van der Waals surface area contributed by atoms with Crippen molar-refractivity contribution in [1.82, 2.24) is 4.72 Å². The number of furan rings is 1. The Balaban J connectivity index is 1.80. The van der Waals surface area contributed by atoms with E-state index in [0.717, 1.165) is 11.3 Å². The van der Waals surface area contributed by atoms with Gasteiger partial charge in [-0.05, 0) is 46.0 Å². The molecule has 0 spiro atoms. The topological polar surface area (TPSA) is 59.3 Å². The molecule has 0 aliphatic rings. The molecule has 1 atom stereocenters. The lowest BCUT2D eigenvalue weighted by atomic mass is 10.00. The molecule has 0 radical (unpaired) electrons. The highest BCUT2D eigenvalue weighted by molar-refractivity contribution is 7.91. The van der Waals surface area contributed by atoms with Crippen molar-refractivity contribution in [2.75, 3.05) is 6.54 Å². The summed E-state index contributed by atoms with van der Waals surface area (Å²) in [6, 6.07) is 8.98. The summed E-state index contributed by atoms with van der Waals surface area (Å²) in [5, 5.41) is 5.73. The van der Waals surface area contributed by atoms with Crippen LogP contribution in [0.5, 0.6) is 0 Å². The normalized spacial score (nSPS) is 13.3. The lowest BCUT2D eigenvalue weighted by Crippen LogP contribution is -2.28. The molecule has 3 aromatic rings. The third-order valence-electron chi connectivity index (χ3n) is 3.07. The van der Waals surface area contributed by atoms with Gasteiger partial charge < -0.3 is 4.42 Å². The minimum absolute atomic E-state index is 0.124. The van der Waals surface area contributed by atoms with Gasteiger partial charge in [-0.1, -0.05) is 6.07 Å². The largest absolute Gasteiger partial charge is 0.469 e. The van der Waals surface area contributed by atoms with Gasteiger partial charge in [-0.15, -0.1) is 11.3 Å². The van der Waals surface area contributed by atoms with Gasteiger partial charge in [-0.3, -0.25) is 0 Å². The van der Waals surface area contributed by atoms with E-state index in [1.165, 1.54) is 11.3 Å². The molecule has 1 N–H and O–H groups in total. The second-order valence-electron chi connectivity index (χ2n) is 4.41. The monoisotopic (exact) mass is 339 g/mol. The molecule has 1 unspecified atom stereocenters. The molecule has 0 saturated heterocycles. The average Bonchev–Trinajstić information content (AvgIpc) is 3.23. The minimum Gasteiger partial charge on any atom is -0.469 e. The van der Waals surface area contributed by atoms with Gasteiger partial charge in [0.15, 0.2) is 0 Å². The van der Waals surface area contributed by atoms with E-state index in [2.05, 4.69) is 4.72 Å². The van der Waals surface area contributed by atoms with E-state index in [4.69, 9.17) is 4.42 Å². The van der Waals surface area contributed by atoms with Crippen LogP contribution < -0.4 is 4.72 Å². The lowest BCUT2D eigenvalue weighted by Gasteiger charge is -2.14. The quantitative estimate of drug-likeness (QED) is 0.747. The van der Waals surface area contributed by atoms with Gasteiger partial charge >= 0.3 is 0 Å². The van der Waals surface area contributed by atoms with Crippen molar-refractivity contribution < 1.29 is 12.8 Å². The van der Waals surface area contributed by atoms with Crippen molar-refractivity contribution in [1.29, 1.82) is 0 Å². The summed E-state index contributed by atoms with van der Waals surface area (Å²) in [5.74, 6) is 0.628. The first kappa shape index (κ1) is 14.5. The zero-order valence-electron chi connectivity index (χ0n) is 10.9. The van der Waals surface area contributed by atoms with E-state index in [1.54, 1.807) is 35.1 Å². The molecular formula is C14H13NO3S3. The molecule has 0 saturated carbocycles. The SMILES string of the molecule is O=S(=O)(NCC(c1ccsc1)c1ccco1)c1cccs1. The van der Waals surface area contributed by atoms with Crippen LogP contribution in [0.1, 0.15) is 17.2 Å². The number of hydrogen-bond acceptors (Lipinski definition) is 5. The lowest BCUT2D eigenvalue weighted by molar-refractivity contribution is 0.481. The number of nitrogens with one attached hydrogen (secondary N) is 1. The first-order valence-electron chi connectivity index (χ1n) is 6.25. The van der Waals surface area contributed by atoms with Gasteiger partial charge in [0.25, 0.3) is 0 Å². The minimum atomic E-state index is -3.46. The number of thiophene rings is 2. The Kier molecular flexibility index (Phi) is 4.25. The van der Waals surface area contributed by atoms with Gasteiger partial charge in [0.05, 0.1) is 12.2 Å². The predicted octanol–water partition coefficient (Wildman–Crippen LogP) is 3.51. The van der Waals surface area contributed by atoms with Gasteiger partial charge in [0.2, 0.25) is 10.0 Å². The summed E-state index contributed by atoms with van der Waals surface area (Å²) in [6.07, 6.45) is 1.60. The molecule has 0 aromatic carbocycles. The molecule has 3 rings (SSSR count). The van der Waals surface area contributed by atoms with Crippen LogP contribution in [0, 0.1) is 0 Å². The summed E-state index contributed by atoms with van der Waals surface area (Å²) in [5.41, 5.74) is 1.05. The number of sulfonamides is 1. The first-order valence-corrected chi connectivity index (χ1v) is 9.56. The predicted molar refractivity (Wildman–Crippen MR) is 84.4 cm³/mol. The van der Waals surface area contributed by atoms with Crippen molar-refractivity contribution in [3.63, 3.8) is 0 Å². The van der Waals surface area contributed by atoms with E-state index in [0.29, 0.717) is 4.21 Å². The van der Waals surface area contributed by atoms with E-state index < -0.39 is 10.0 Å². The van der Waals surface area contributed by atoms with Crippen LogP contribution >= 0.6 is 22.7 Å². The molecule has 0 aliphatic carbocycles. The number of hydrogen-bond donors (Lipinski definition) is 1. The smallest absolute Gasteiger partial charge is 0.250 e. The van der Waals surface area contributed by atoms with Crippen molar-refractivity contribution in [2.24, 2.45) is 0 Å². The third-order valence-corrected chi connectivity index (χ3v) is 6.59. The summed E-state index contributed by atoms with van der Waals surface area (Å²) >= 11 is 2.78. The van der Waals surface area contributed by atoms with E-state index in [9.17, 15) is 8.42 Å². The Labute approximate surface area is 131 Å². The van der Waals surface area contributed by atoms with Crippen LogP contribution in [0.4, 0.5) is 0 Å². The van der Waals surface area contributed by atoms with Crippen LogP contribution in [-0.2, 0) is 10.0 Å². The Morgan fingerprint density at radius 1 is 1.19 bits per heavy atom.